The molecule has 0 fully saturated rings. The van der Waals surface area contributed by atoms with E-state index in [1.165, 1.54) is 6.92 Å². The smallest absolute Gasteiger partial charge is 0.302 e. The number of carbonyl (C=O) groups is 3. The van der Waals surface area contributed by atoms with Crippen molar-refractivity contribution in [3.05, 3.63) is 0 Å². The summed E-state index contributed by atoms with van der Waals surface area (Å²) in [4.78, 5) is 38.5. The lowest BCUT2D eigenvalue weighted by atomic mass is 10.1. The van der Waals surface area contributed by atoms with Gasteiger partial charge < -0.3 is 19.3 Å². The van der Waals surface area contributed by atoms with E-state index in [4.69, 9.17) is 9.47 Å². The van der Waals surface area contributed by atoms with Gasteiger partial charge in [0.1, 0.15) is 6.61 Å². The number of likely N-dealkylation sites (N-methyl/N-ethyl adjacent to an activating group) is 2. The second-order valence-corrected chi connectivity index (χ2v) is 10.6. The Bertz CT molecular complexity index is 503. The van der Waals surface area contributed by atoms with Crippen molar-refractivity contribution in [2.24, 2.45) is 0 Å². The largest absolute Gasteiger partial charge is 0.465 e. The maximum atomic E-state index is 12.4. The summed E-state index contributed by atoms with van der Waals surface area (Å²) in [5, 5.41) is 0. The lowest BCUT2D eigenvalue weighted by molar-refractivity contribution is -0.140. The second kappa shape index (κ2) is 15.8. The standard InChI is InChI=1S/C20H38N2O5S2/c1-7-13-26-14-9-19(25)22(6)12-11-21(5)18(24)8-10-20(3,4)29-28-16-15-27-17(2)23/h7-16H2,1-6H3. The second-order valence-electron chi connectivity index (χ2n) is 7.50. The van der Waals surface area contributed by atoms with Crippen LogP contribution < -0.4 is 0 Å². The molecule has 29 heavy (non-hydrogen) atoms. The Kier molecular flexibility index (Phi) is 15.3. The summed E-state index contributed by atoms with van der Waals surface area (Å²) in [7, 11) is 6.89. The van der Waals surface area contributed by atoms with Crippen molar-refractivity contribution in [3.63, 3.8) is 0 Å². The molecule has 0 bridgehead atoms. The van der Waals surface area contributed by atoms with Crippen molar-refractivity contribution in [1.82, 2.24) is 9.80 Å². The molecule has 0 aliphatic rings. The number of esters is 1. The van der Waals surface area contributed by atoms with Crippen LogP contribution in [0.3, 0.4) is 0 Å². The summed E-state index contributed by atoms with van der Waals surface area (Å²) in [5.74, 6) is 0.576. The Morgan fingerprint density at radius 1 is 0.931 bits per heavy atom. The average molecular weight is 451 g/mol. The van der Waals surface area contributed by atoms with Crippen LogP contribution in [0.1, 0.15) is 53.4 Å². The quantitative estimate of drug-likeness (QED) is 0.203. The summed E-state index contributed by atoms with van der Waals surface area (Å²) >= 11 is 0. The highest BCUT2D eigenvalue weighted by molar-refractivity contribution is 8.77. The molecule has 2 amide bonds. The Hall–Kier alpha value is -0.930. The van der Waals surface area contributed by atoms with Gasteiger partial charge in [-0.15, -0.1) is 0 Å². The normalized spacial score (nSPS) is 11.2. The molecule has 0 N–H and O–H groups in total. The molecule has 0 aromatic carbocycles. The molecule has 0 atom stereocenters. The fraction of sp³-hybridized carbons (Fsp3) is 0.850. The maximum Gasteiger partial charge on any atom is 0.302 e. The summed E-state index contributed by atoms with van der Waals surface area (Å²) in [5.41, 5.74) is 0. The van der Waals surface area contributed by atoms with Crippen molar-refractivity contribution >= 4 is 39.4 Å². The fourth-order valence-electron chi connectivity index (χ4n) is 2.21. The molecule has 7 nitrogen and oxygen atoms in total. The molecule has 9 heteroatoms. The minimum absolute atomic E-state index is 0.0327. The maximum absolute atomic E-state index is 12.4. The topological polar surface area (TPSA) is 76.2 Å². The first-order valence-electron chi connectivity index (χ1n) is 10.1. The Labute approximate surface area is 184 Å². The zero-order valence-corrected chi connectivity index (χ0v) is 20.5. The number of nitrogens with zero attached hydrogens (tertiary/aromatic N) is 2. The monoisotopic (exact) mass is 450 g/mol. The van der Waals surface area contributed by atoms with Crippen molar-refractivity contribution in [2.45, 2.75) is 58.1 Å². The highest BCUT2D eigenvalue weighted by Crippen LogP contribution is 2.38. The van der Waals surface area contributed by atoms with E-state index in [-0.39, 0.29) is 22.5 Å². The summed E-state index contributed by atoms with van der Waals surface area (Å²) in [6.45, 7) is 10.2. The molecular weight excluding hydrogens is 412 g/mol. The van der Waals surface area contributed by atoms with Crippen molar-refractivity contribution < 1.29 is 23.9 Å². The third-order valence-electron chi connectivity index (χ3n) is 4.13. The van der Waals surface area contributed by atoms with E-state index < -0.39 is 0 Å². The molecule has 0 aromatic rings. The van der Waals surface area contributed by atoms with E-state index in [1.54, 1.807) is 45.5 Å². The van der Waals surface area contributed by atoms with Gasteiger partial charge in [0.15, 0.2) is 0 Å². The molecule has 0 rings (SSSR count). The summed E-state index contributed by atoms with van der Waals surface area (Å²) in [6.07, 6.45) is 2.53. The van der Waals surface area contributed by atoms with Crippen LogP contribution >= 0.6 is 21.6 Å². The Morgan fingerprint density at radius 2 is 1.52 bits per heavy atom. The Balaban J connectivity index is 4.04. The van der Waals surface area contributed by atoms with E-state index >= 15 is 0 Å². The van der Waals surface area contributed by atoms with Gasteiger partial charge in [-0.1, -0.05) is 28.5 Å². The fourth-order valence-corrected chi connectivity index (χ4v) is 4.61. The van der Waals surface area contributed by atoms with Crippen molar-refractivity contribution in [1.29, 1.82) is 0 Å². The van der Waals surface area contributed by atoms with Gasteiger partial charge in [-0.3, -0.25) is 14.4 Å². The van der Waals surface area contributed by atoms with E-state index in [1.807, 2.05) is 6.92 Å². The van der Waals surface area contributed by atoms with Crippen LogP contribution in [0.5, 0.6) is 0 Å². The lowest BCUT2D eigenvalue weighted by Gasteiger charge is -2.26. The third-order valence-corrected chi connectivity index (χ3v) is 7.44. The van der Waals surface area contributed by atoms with Crippen LogP contribution in [0.4, 0.5) is 0 Å². The van der Waals surface area contributed by atoms with Gasteiger partial charge in [0.25, 0.3) is 0 Å². The minimum atomic E-state index is -0.263. The van der Waals surface area contributed by atoms with Crippen LogP contribution in [0, 0.1) is 0 Å². The molecule has 0 unspecified atom stereocenters. The molecule has 0 aliphatic heterocycles. The number of hydrogen-bond donors (Lipinski definition) is 0. The molecule has 0 saturated heterocycles. The van der Waals surface area contributed by atoms with E-state index in [2.05, 4.69) is 13.8 Å². The van der Waals surface area contributed by atoms with Gasteiger partial charge in [0.05, 0.1) is 13.0 Å². The number of amides is 2. The lowest BCUT2D eigenvalue weighted by Crippen LogP contribution is -2.38. The average Bonchev–Trinajstić information content (AvgIpc) is 2.66. The molecule has 0 aliphatic carbocycles. The van der Waals surface area contributed by atoms with E-state index in [0.717, 1.165) is 18.6 Å². The van der Waals surface area contributed by atoms with Gasteiger partial charge in [-0.2, -0.15) is 0 Å². The van der Waals surface area contributed by atoms with Crippen LogP contribution in [0.15, 0.2) is 0 Å². The summed E-state index contributed by atoms with van der Waals surface area (Å²) in [6, 6.07) is 0. The van der Waals surface area contributed by atoms with Crippen LogP contribution in [-0.2, 0) is 23.9 Å². The highest BCUT2D eigenvalue weighted by Gasteiger charge is 2.22. The van der Waals surface area contributed by atoms with Crippen LogP contribution in [0.2, 0.25) is 0 Å². The van der Waals surface area contributed by atoms with Gasteiger partial charge in [-0.25, -0.2) is 0 Å². The minimum Gasteiger partial charge on any atom is -0.465 e. The van der Waals surface area contributed by atoms with Crippen molar-refractivity contribution in [2.75, 3.05) is 52.8 Å². The van der Waals surface area contributed by atoms with Gasteiger partial charge in [0.2, 0.25) is 11.8 Å². The SMILES string of the molecule is CCCOCCC(=O)N(C)CCN(C)C(=O)CCC(C)(C)SSCCOC(C)=O. The van der Waals surface area contributed by atoms with Gasteiger partial charge >= 0.3 is 5.97 Å². The van der Waals surface area contributed by atoms with Crippen LogP contribution in [-0.4, -0.2) is 85.1 Å². The zero-order valence-electron chi connectivity index (χ0n) is 18.8. The van der Waals surface area contributed by atoms with Crippen molar-refractivity contribution in [3.8, 4) is 0 Å². The predicted octanol–water partition coefficient (Wildman–Crippen LogP) is 3.22. The first kappa shape index (κ1) is 28.1. The summed E-state index contributed by atoms with van der Waals surface area (Å²) < 4.78 is 10.2. The first-order valence-corrected chi connectivity index (χ1v) is 12.4. The molecule has 0 spiro atoms. The zero-order chi connectivity index (χ0) is 22.3. The number of hydrogen-bond acceptors (Lipinski definition) is 7. The first-order chi connectivity index (χ1) is 13.6. The molecule has 170 valence electrons. The van der Waals surface area contributed by atoms with Gasteiger partial charge in [0, 0.05) is 57.6 Å². The number of ether oxygens (including phenoxy) is 2. The molecule has 0 saturated carbocycles. The van der Waals surface area contributed by atoms with E-state index in [0.29, 0.717) is 45.8 Å². The molecular formula is C20H38N2O5S2. The predicted molar refractivity (Wildman–Crippen MR) is 121 cm³/mol. The Morgan fingerprint density at radius 3 is 2.07 bits per heavy atom. The van der Waals surface area contributed by atoms with Crippen LogP contribution in [0.25, 0.3) is 0 Å². The van der Waals surface area contributed by atoms with E-state index in [9.17, 15) is 14.4 Å². The molecule has 0 radical (unpaired) electrons. The number of rotatable bonds is 16. The van der Waals surface area contributed by atoms with Gasteiger partial charge in [-0.05, 0) is 26.7 Å². The highest BCUT2D eigenvalue weighted by atomic mass is 33.1. The number of carbonyl (C=O) groups excluding carboxylic acids is 3. The molecule has 0 aromatic heterocycles. The molecule has 0 heterocycles. The third kappa shape index (κ3) is 15.6.